The number of carbonyl (C=O) groups excluding carboxylic acids is 3. The lowest BCUT2D eigenvalue weighted by Crippen LogP contribution is -2.45. The lowest BCUT2D eigenvalue weighted by molar-refractivity contribution is -0.135. The Morgan fingerprint density at radius 2 is 1.73 bits per heavy atom. The number of aromatic nitrogens is 7. The van der Waals surface area contributed by atoms with Gasteiger partial charge in [0.2, 0.25) is 11.8 Å². The molecule has 3 amide bonds. The number of benzene rings is 1. The van der Waals surface area contributed by atoms with Crippen LogP contribution in [0.5, 0.6) is 0 Å². The Bertz CT molecular complexity index is 2550. The number of aryl methyl sites for hydroxylation is 1. The molecule has 0 radical (unpaired) electrons. The lowest BCUT2D eigenvalue weighted by Gasteiger charge is -2.40. The molecule has 4 aliphatic rings. The van der Waals surface area contributed by atoms with Crippen molar-refractivity contribution in [2.75, 3.05) is 54.9 Å². The minimum atomic E-state index is -2.86. The summed E-state index contributed by atoms with van der Waals surface area (Å²) in [5.41, 5.74) is 2.56. The van der Waals surface area contributed by atoms with Crippen LogP contribution >= 0.6 is 0 Å². The highest BCUT2D eigenvalue weighted by Crippen LogP contribution is 2.37. The maximum absolute atomic E-state index is 14.4. The molecule has 4 aromatic heterocycles. The Morgan fingerprint density at radius 1 is 0.984 bits per heavy atom. The first-order valence-electron chi connectivity index (χ1n) is 22.0. The van der Waals surface area contributed by atoms with E-state index in [2.05, 4.69) is 56.4 Å². The van der Waals surface area contributed by atoms with E-state index in [1.807, 2.05) is 24.3 Å². The second-order valence-corrected chi connectivity index (χ2v) is 18.6. The zero-order valence-corrected chi connectivity index (χ0v) is 35.9. The zero-order chi connectivity index (χ0) is 43.4. The molecular formula is C44H56F2N12O4. The van der Waals surface area contributed by atoms with E-state index in [9.17, 15) is 28.0 Å². The van der Waals surface area contributed by atoms with Crippen molar-refractivity contribution in [3.8, 4) is 0 Å². The normalized spacial score (nSPS) is 22.6. The van der Waals surface area contributed by atoms with Crippen LogP contribution in [-0.2, 0) is 16.6 Å². The molecule has 3 saturated heterocycles. The minimum Gasteiger partial charge on any atom is -0.370 e. The number of rotatable bonds is 10. The molecule has 0 bridgehead atoms. The van der Waals surface area contributed by atoms with Gasteiger partial charge in [-0.25, -0.2) is 23.1 Å². The molecule has 330 valence electrons. The molecule has 1 aromatic carbocycles. The van der Waals surface area contributed by atoms with Crippen molar-refractivity contribution in [2.24, 2.45) is 18.4 Å². The van der Waals surface area contributed by atoms with Crippen molar-refractivity contribution in [3.05, 3.63) is 64.6 Å². The van der Waals surface area contributed by atoms with Crippen LogP contribution in [0.1, 0.15) is 113 Å². The highest BCUT2D eigenvalue weighted by molar-refractivity contribution is 6.08. The number of para-hydroxylation sites is 1. The molecule has 62 heavy (non-hydrogen) atoms. The number of imidazole rings is 1. The van der Waals surface area contributed by atoms with E-state index in [1.165, 1.54) is 15.3 Å². The number of nitrogens with zero attached hydrogens (tertiary/aromatic N) is 10. The number of fused-ring (bicyclic) bond motifs is 2. The number of alkyl halides is 2. The van der Waals surface area contributed by atoms with Crippen LogP contribution in [0.2, 0.25) is 0 Å². The predicted octanol–water partition coefficient (Wildman–Crippen LogP) is 5.71. The standard InChI is InChI=1S/C44H56F2N12O4/c1-44(2)17-22-55(23-18-44)35-16-21-56-40(49-35)30(24-47-56)41(60)48-31-26-57(51-37(31)39(45)46)29-10-8-27(9-11-29)25-52(3)28-14-19-54(20-15-28)32-6-5-7-33-38(32)53(4)43(62)58(33)34-12-13-36(59)50-42(34)61/h5-7,16,21,24,26-29,34,39H,8-15,17-20,22-23,25H2,1-4H3,(H,48,60)(H,50,59,61)/t27-,29-,34?. The number of halogens is 2. The number of amides is 3. The summed E-state index contributed by atoms with van der Waals surface area (Å²) >= 11 is 0. The minimum absolute atomic E-state index is 0.00249. The van der Waals surface area contributed by atoms with Crippen LogP contribution in [0.15, 0.2) is 47.7 Å². The third kappa shape index (κ3) is 7.97. The largest absolute Gasteiger partial charge is 0.370 e. The molecule has 1 aliphatic carbocycles. The van der Waals surface area contributed by atoms with Gasteiger partial charge in [0.15, 0.2) is 11.3 Å². The topological polar surface area (TPSA) is 160 Å². The third-order valence-electron chi connectivity index (χ3n) is 14.0. The summed E-state index contributed by atoms with van der Waals surface area (Å²) in [5.74, 6) is -0.102. The molecule has 1 atom stereocenters. The average molecular weight is 855 g/mol. The fourth-order valence-corrected chi connectivity index (χ4v) is 10.2. The van der Waals surface area contributed by atoms with Crippen molar-refractivity contribution < 1.29 is 23.2 Å². The van der Waals surface area contributed by atoms with Crippen molar-refractivity contribution in [1.82, 2.24) is 43.7 Å². The molecule has 1 saturated carbocycles. The Morgan fingerprint density at radius 3 is 2.44 bits per heavy atom. The fourth-order valence-electron chi connectivity index (χ4n) is 10.2. The van der Waals surface area contributed by atoms with Crippen LogP contribution < -0.4 is 26.1 Å². The number of imide groups is 1. The lowest BCUT2D eigenvalue weighted by atomic mass is 9.83. The fraction of sp³-hybridized carbons (Fsp3) is 0.568. The van der Waals surface area contributed by atoms with Gasteiger partial charge in [-0.3, -0.25) is 33.5 Å². The summed E-state index contributed by atoms with van der Waals surface area (Å²) < 4.78 is 35.0. The first-order valence-corrected chi connectivity index (χ1v) is 22.0. The molecule has 16 nitrogen and oxygen atoms in total. The molecular weight excluding hydrogens is 799 g/mol. The first kappa shape index (κ1) is 41.7. The van der Waals surface area contributed by atoms with Crippen LogP contribution in [0, 0.1) is 11.3 Å². The average Bonchev–Trinajstić information content (AvgIpc) is 3.95. The Labute approximate surface area is 358 Å². The van der Waals surface area contributed by atoms with E-state index < -0.39 is 30.0 Å². The molecule has 18 heteroatoms. The maximum atomic E-state index is 14.4. The summed E-state index contributed by atoms with van der Waals surface area (Å²) in [7, 11) is 3.92. The second-order valence-electron chi connectivity index (χ2n) is 18.6. The van der Waals surface area contributed by atoms with Gasteiger partial charge in [0, 0.05) is 64.6 Å². The number of hydrogen-bond acceptors (Lipinski definition) is 10. The van der Waals surface area contributed by atoms with Gasteiger partial charge in [-0.15, -0.1) is 0 Å². The summed E-state index contributed by atoms with van der Waals surface area (Å²) in [6.07, 6.45) is 9.80. The van der Waals surface area contributed by atoms with E-state index in [1.54, 1.807) is 28.7 Å². The molecule has 4 fully saturated rings. The van der Waals surface area contributed by atoms with Crippen molar-refractivity contribution in [3.63, 3.8) is 0 Å². The summed E-state index contributed by atoms with van der Waals surface area (Å²) in [4.78, 5) is 63.4. The molecule has 5 aromatic rings. The number of piperidine rings is 3. The second kappa shape index (κ2) is 16.6. The number of carbonyl (C=O) groups is 3. The van der Waals surface area contributed by atoms with Gasteiger partial charge in [-0.2, -0.15) is 10.2 Å². The first-order chi connectivity index (χ1) is 29.7. The monoisotopic (exact) mass is 854 g/mol. The highest BCUT2D eigenvalue weighted by atomic mass is 19.3. The van der Waals surface area contributed by atoms with Crippen molar-refractivity contribution >= 4 is 51.6 Å². The van der Waals surface area contributed by atoms with Gasteiger partial charge >= 0.3 is 5.69 Å². The van der Waals surface area contributed by atoms with Crippen LogP contribution in [0.4, 0.5) is 26.0 Å². The summed E-state index contributed by atoms with van der Waals surface area (Å²) in [5, 5.41) is 13.7. The number of anilines is 3. The summed E-state index contributed by atoms with van der Waals surface area (Å²) in [6, 6.07) is 7.32. The number of nitrogens with one attached hydrogen (secondary N) is 2. The van der Waals surface area contributed by atoms with Crippen molar-refractivity contribution in [2.45, 2.75) is 103 Å². The molecule has 9 rings (SSSR count). The predicted molar refractivity (Wildman–Crippen MR) is 231 cm³/mol. The van der Waals surface area contributed by atoms with Gasteiger partial charge in [-0.05, 0) is 94.4 Å². The number of hydrogen-bond donors (Lipinski definition) is 2. The molecule has 2 N–H and O–H groups in total. The Hall–Kier alpha value is -5.65. The van der Waals surface area contributed by atoms with E-state index in [-0.39, 0.29) is 40.7 Å². The SMILES string of the molecule is CN(C[C@H]1CC[C@H](n2cc(NC(=O)c3cnn4ccc(N5CCC(C)(C)CC5)nc34)c(C(F)F)n2)CC1)C1CCN(c2cccc3c2n(C)c(=O)n3C2CCC(=O)NC2=O)CC1. The van der Waals surface area contributed by atoms with E-state index >= 15 is 0 Å². The van der Waals surface area contributed by atoms with Gasteiger partial charge in [0.25, 0.3) is 12.3 Å². The van der Waals surface area contributed by atoms with E-state index in [0.29, 0.717) is 29.5 Å². The maximum Gasteiger partial charge on any atom is 0.329 e. The van der Waals surface area contributed by atoms with E-state index in [0.717, 1.165) is 101 Å². The molecule has 3 aliphatic heterocycles. The third-order valence-corrected chi connectivity index (χ3v) is 14.0. The zero-order valence-electron chi connectivity index (χ0n) is 35.9. The quantitative estimate of drug-likeness (QED) is 0.167. The smallest absolute Gasteiger partial charge is 0.329 e. The molecule has 0 spiro atoms. The van der Waals surface area contributed by atoms with Crippen molar-refractivity contribution in [1.29, 1.82) is 0 Å². The van der Waals surface area contributed by atoms with Gasteiger partial charge < -0.3 is 20.0 Å². The van der Waals surface area contributed by atoms with Crippen LogP contribution in [0.3, 0.4) is 0 Å². The Kier molecular flexibility index (Phi) is 11.1. The highest BCUT2D eigenvalue weighted by Gasteiger charge is 2.34. The van der Waals surface area contributed by atoms with Gasteiger partial charge in [0.05, 0.1) is 34.6 Å². The Balaban J connectivity index is 0.798. The molecule has 1 unspecified atom stereocenters. The molecule has 7 heterocycles. The summed E-state index contributed by atoms with van der Waals surface area (Å²) in [6.45, 7) is 8.81. The van der Waals surface area contributed by atoms with Gasteiger partial charge in [0.1, 0.15) is 17.4 Å². The van der Waals surface area contributed by atoms with Crippen LogP contribution in [-0.4, -0.2) is 102 Å². The van der Waals surface area contributed by atoms with Gasteiger partial charge in [-0.1, -0.05) is 19.9 Å². The van der Waals surface area contributed by atoms with Crippen LogP contribution in [0.25, 0.3) is 16.7 Å². The van der Waals surface area contributed by atoms with E-state index in [4.69, 9.17) is 4.98 Å².